The van der Waals surface area contributed by atoms with Crippen molar-refractivity contribution in [3.05, 3.63) is 0 Å². The molecule has 19 heavy (non-hydrogen) atoms. The van der Waals surface area contributed by atoms with E-state index in [1.165, 1.54) is 39.1 Å². The zero-order valence-corrected chi connectivity index (χ0v) is 13.6. The molecule has 0 bridgehead atoms. The molecule has 2 fully saturated rings. The molecule has 0 aliphatic carbocycles. The Bertz CT molecular complexity index is 292. The van der Waals surface area contributed by atoms with Crippen LogP contribution in [0.2, 0.25) is 0 Å². The van der Waals surface area contributed by atoms with E-state index in [4.69, 9.17) is 0 Å². The maximum Gasteiger partial charge on any atom is 0.222 e. The van der Waals surface area contributed by atoms with Crippen LogP contribution in [0.3, 0.4) is 0 Å². The number of alkyl halides is 1. The first kappa shape index (κ1) is 15.3. The minimum Gasteiger partial charge on any atom is -0.342 e. The van der Waals surface area contributed by atoms with Crippen molar-refractivity contribution in [1.82, 2.24) is 14.7 Å². The Morgan fingerprint density at radius 2 is 1.84 bits per heavy atom. The van der Waals surface area contributed by atoms with E-state index in [0.717, 1.165) is 31.3 Å². The molecular formula is C14H26BrN3O. The molecule has 1 atom stereocenters. The molecule has 0 radical (unpaired) electrons. The van der Waals surface area contributed by atoms with Crippen LogP contribution >= 0.6 is 15.9 Å². The molecule has 0 aromatic rings. The standard InChI is InChI=1S/C14H26BrN3O/c1-16-6-8-17(9-7-16)4-2-3-5-18-12-13(11-15)10-14(18)19/h13H,2-12H2,1H3. The van der Waals surface area contributed by atoms with Crippen molar-refractivity contribution in [3.8, 4) is 0 Å². The van der Waals surface area contributed by atoms with E-state index in [9.17, 15) is 4.79 Å². The van der Waals surface area contributed by atoms with Crippen LogP contribution in [0.4, 0.5) is 0 Å². The van der Waals surface area contributed by atoms with Crippen molar-refractivity contribution in [3.63, 3.8) is 0 Å². The van der Waals surface area contributed by atoms with Gasteiger partial charge >= 0.3 is 0 Å². The van der Waals surface area contributed by atoms with E-state index in [1.807, 2.05) is 0 Å². The highest BCUT2D eigenvalue weighted by Crippen LogP contribution is 2.19. The van der Waals surface area contributed by atoms with E-state index in [-0.39, 0.29) is 0 Å². The van der Waals surface area contributed by atoms with E-state index in [2.05, 4.69) is 37.7 Å². The minimum atomic E-state index is 0.351. The number of halogens is 1. The van der Waals surface area contributed by atoms with Gasteiger partial charge in [-0.05, 0) is 32.4 Å². The summed E-state index contributed by atoms with van der Waals surface area (Å²) in [6, 6.07) is 0. The molecular weight excluding hydrogens is 306 g/mol. The van der Waals surface area contributed by atoms with Gasteiger partial charge in [0.25, 0.3) is 0 Å². The maximum absolute atomic E-state index is 11.8. The van der Waals surface area contributed by atoms with Gasteiger partial charge in [0.2, 0.25) is 5.91 Å². The molecule has 0 aromatic carbocycles. The van der Waals surface area contributed by atoms with Gasteiger partial charge in [0.05, 0.1) is 0 Å². The van der Waals surface area contributed by atoms with Crippen LogP contribution in [0.5, 0.6) is 0 Å². The number of likely N-dealkylation sites (N-methyl/N-ethyl adjacent to an activating group) is 1. The van der Waals surface area contributed by atoms with E-state index >= 15 is 0 Å². The largest absolute Gasteiger partial charge is 0.342 e. The molecule has 110 valence electrons. The monoisotopic (exact) mass is 331 g/mol. The third-order valence-electron chi connectivity index (χ3n) is 4.26. The summed E-state index contributed by atoms with van der Waals surface area (Å²) in [5.74, 6) is 0.883. The Hall–Kier alpha value is -0.130. The first-order valence-electron chi connectivity index (χ1n) is 7.43. The molecule has 1 unspecified atom stereocenters. The lowest BCUT2D eigenvalue weighted by atomic mass is 10.2. The van der Waals surface area contributed by atoms with Crippen LogP contribution in [-0.2, 0) is 4.79 Å². The van der Waals surface area contributed by atoms with Crippen LogP contribution in [0.1, 0.15) is 19.3 Å². The first-order valence-corrected chi connectivity index (χ1v) is 8.56. The fraction of sp³-hybridized carbons (Fsp3) is 0.929. The summed E-state index contributed by atoms with van der Waals surface area (Å²) in [6.07, 6.45) is 3.10. The number of piperazine rings is 1. The van der Waals surface area contributed by atoms with Gasteiger partial charge in [-0.3, -0.25) is 4.79 Å². The lowest BCUT2D eigenvalue weighted by Gasteiger charge is -2.32. The predicted molar refractivity (Wildman–Crippen MR) is 81.7 cm³/mol. The van der Waals surface area contributed by atoms with Crippen LogP contribution in [0.15, 0.2) is 0 Å². The number of hydrogen-bond donors (Lipinski definition) is 0. The average molecular weight is 332 g/mol. The number of rotatable bonds is 6. The van der Waals surface area contributed by atoms with Crippen molar-refractivity contribution in [2.45, 2.75) is 19.3 Å². The lowest BCUT2D eigenvalue weighted by molar-refractivity contribution is -0.127. The van der Waals surface area contributed by atoms with Gasteiger partial charge in [0.15, 0.2) is 0 Å². The molecule has 0 N–H and O–H groups in total. The van der Waals surface area contributed by atoms with Gasteiger partial charge in [0.1, 0.15) is 0 Å². The first-order chi connectivity index (χ1) is 9.19. The summed E-state index contributed by atoms with van der Waals surface area (Å²) in [6.45, 7) is 7.89. The zero-order chi connectivity index (χ0) is 13.7. The van der Waals surface area contributed by atoms with Gasteiger partial charge in [0, 0.05) is 51.0 Å². The highest BCUT2D eigenvalue weighted by Gasteiger charge is 2.28. The second-order valence-corrected chi connectivity index (χ2v) is 6.56. The molecule has 5 heteroatoms. The van der Waals surface area contributed by atoms with Crippen molar-refractivity contribution in [2.24, 2.45) is 5.92 Å². The number of amides is 1. The van der Waals surface area contributed by atoms with Crippen molar-refractivity contribution >= 4 is 21.8 Å². The average Bonchev–Trinajstić information content (AvgIpc) is 2.77. The fourth-order valence-electron chi connectivity index (χ4n) is 2.88. The summed E-state index contributed by atoms with van der Waals surface area (Å²) >= 11 is 3.48. The maximum atomic E-state index is 11.8. The second-order valence-electron chi connectivity index (χ2n) is 5.92. The molecule has 2 aliphatic rings. The molecule has 0 saturated carbocycles. The van der Waals surface area contributed by atoms with Gasteiger partial charge in [-0.25, -0.2) is 0 Å². The highest BCUT2D eigenvalue weighted by atomic mass is 79.9. The molecule has 0 aromatic heterocycles. The van der Waals surface area contributed by atoms with Crippen LogP contribution < -0.4 is 0 Å². The summed E-state index contributed by atoms with van der Waals surface area (Å²) < 4.78 is 0. The smallest absolute Gasteiger partial charge is 0.222 e. The number of unbranched alkanes of at least 4 members (excludes halogenated alkanes) is 1. The van der Waals surface area contributed by atoms with Crippen LogP contribution in [0, 0.1) is 5.92 Å². The Kier molecular flexibility index (Phi) is 6.10. The molecule has 0 spiro atoms. The SMILES string of the molecule is CN1CCN(CCCCN2CC(CBr)CC2=O)CC1. The molecule has 2 heterocycles. The van der Waals surface area contributed by atoms with Gasteiger partial charge in [-0.2, -0.15) is 0 Å². The fourth-order valence-corrected chi connectivity index (χ4v) is 3.32. The lowest BCUT2D eigenvalue weighted by Crippen LogP contribution is -2.44. The number of hydrogen-bond acceptors (Lipinski definition) is 3. The van der Waals surface area contributed by atoms with Gasteiger partial charge in [-0.15, -0.1) is 0 Å². The quantitative estimate of drug-likeness (QED) is 0.541. The summed E-state index contributed by atoms with van der Waals surface area (Å²) in [7, 11) is 2.19. The molecule has 2 rings (SSSR count). The van der Waals surface area contributed by atoms with E-state index < -0.39 is 0 Å². The Morgan fingerprint density at radius 3 is 2.47 bits per heavy atom. The summed E-state index contributed by atoms with van der Waals surface area (Å²) in [5.41, 5.74) is 0. The van der Waals surface area contributed by atoms with Crippen molar-refractivity contribution < 1.29 is 4.79 Å². The highest BCUT2D eigenvalue weighted by molar-refractivity contribution is 9.09. The summed E-state index contributed by atoms with van der Waals surface area (Å²) in [5, 5.41) is 0.955. The van der Waals surface area contributed by atoms with Crippen molar-refractivity contribution in [2.75, 3.05) is 58.2 Å². The third-order valence-corrected chi connectivity index (χ3v) is 5.18. The van der Waals surface area contributed by atoms with Crippen LogP contribution in [-0.4, -0.2) is 78.8 Å². The third kappa shape index (κ3) is 4.72. The molecule has 4 nitrogen and oxygen atoms in total. The Morgan fingerprint density at radius 1 is 1.16 bits per heavy atom. The second kappa shape index (κ2) is 7.60. The minimum absolute atomic E-state index is 0.351. The Balaban J connectivity index is 1.56. The number of carbonyl (C=O) groups is 1. The van der Waals surface area contributed by atoms with Crippen LogP contribution in [0.25, 0.3) is 0 Å². The molecule has 2 saturated heterocycles. The van der Waals surface area contributed by atoms with E-state index in [0.29, 0.717) is 11.8 Å². The zero-order valence-electron chi connectivity index (χ0n) is 12.0. The van der Waals surface area contributed by atoms with Crippen molar-refractivity contribution in [1.29, 1.82) is 0 Å². The molecule has 2 aliphatic heterocycles. The van der Waals surface area contributed by atoms with Gasteiger partial charge < -0.3 is 14.7 Å². The number of nitrogens with zero attached hydrogens (tertiary/aromatic N) is 3. The van der Waals surface area contributed by atoms with Gasteiger partial charge in [-0.1, -0.05) is 15.9 Å². The summed E-state index contributed by atoms with van der Waals surface area (Å²) in [4.78, 5) is 18.8. The molecule has 1 amide bonds. The topological polar surface area (TPSA) is 26.8 Å². The normalized spacial score (nSPS) is 26.3. The van der Waals surface area contributed by atoms with E-state index in [1.54, 1.807) is 0 Å². The number of likely N-dealkylation sites (tertiary alicyclic amines) is 1. The Labute approximate surface area is 125 Å². The predicted octanol–water partition coefficient (Wildman–Crippen LogP) is 1.26. The number of carbonyl (C=O) groups excluding carboxylic acids is 1.